The number of hydrogen-bond donors (Lipinski definition) is 4. The van der Waals surface area contributed by atoms with Crippen LogP contribution in [-0.2, 0) is 0 Å². The van der Waals surface area contributed by atoms with E-state index in [4.69, 9.17) is 0 Å². The fourth-order valence-electron chi connectivity index (χ4n) is 2.79. The molecular weight excluding hydrogens is 374 g/mol. The molecule has 28 heavy (non-hydrogen) atoms. The molecule has 0 saturated heterocycles. The molecule has 2 amide bonds. The third-order valence-corrected chi connectivity index (χ3v) is 5.24. The van der Waals surface area contributed by atoms with Crippen LogP contribution < -0.4 is 21.3 Å². The monoisotopic (exact) mass is 397 g/mol. The van der Waals surface area contributed by atoms with Crippen LogP contribution in [0.15, 0.2) is 36.5 Å². The van der Waals surface area contributed by atoms with Crippen LogP contribution in [0.1, 0.15) is 18.5 Å². The van der Waals surface area contributed by atoms with Crippen molar-refractivity contribution in [2.45, 2.75) is 13.0 Å². The van der Waals surface area contributed by atoms with Crippen LogP contribution in [0.25, 0.3) is 21.8 Å². The van der Waals surface area contributed by atoms with Gasteiger partial charge in [0.1, 0.15) is 0 Å². The summed E-state index contributed by atoms with van der Waals surface area (Å²) in [5, 5.41) is 12.4. The van der Waals surface area contributed by atoms with Gasteiger partial charge in [-0.25, -0.2) is 19.7 Å². The highest BCUT2D eigenvalue weighted by Crippen LogP contribution is 2.33. The van der Waals surface area contributed by atoms with Gasteiger partial charge in [0.2, 0.25) is 5.95 Å². The number of nitrogens with zero attached hydrogens (tertiary/aromatic N) is 3. The summed E-state index contributed by atoms with van der Waals surface area (Å²) < 4.78 is 0. The van der Waals surface area contributed by atoms with E-state index in [0.29, 0.717) is 5.95 Å². The number of urea groups is 1. The summed E-state index contributed by atoms with van der Waals surface area (Å²) in [4.78, 5) is 26.2. The molecule has 1 unspecified atom stereocenters. The molecule has 8 nitrogen and oxygen atoms in total. The minimum Gasteiger partial charge on any atom is -0.365 e. The van der Waals surface area contributed by atoms with Crippen molar-refractivity contribution >= 4 is 28.4 Å². The van der Waals surface area contributed by atoms with Gasteiger partial charge in [-0.05, 0) is 18.6 Å². The summed E-state index contributed by atoms with van der Waals surface area (Å²) in [6.07, 6.45) is 1.80. The number of nitrogens with one attached hydrogen (secondary N) is 4. The van der Waals surface area contributed by atoms with E-state index in [0.717, 1.165) is 32.5 Å². The second-order valence-electron chi connectivity index (χ2n) is 6.02. The van der Waals surface area contributed by atoms with Gasteiger partial charge in [-0.1, -0.05) is 35.6 Å². The molecule has 1 atom stereocenters. The maximum atomic E-state index is 11.7. The van der Waals surface area contributed by atoms with Crippen LogP contribution in [0.2, 0.25) is 0 Å². The first-order chi connectivity index (χ1) is 13.5. The van der Waals surface area contributed by atoms with E-state index >= 15 is 0 Å². The quantitative estimate of drug-likeness (QED) is 0.509. The minimum absolute atomic E-state index is 0.188. The van der Waals surface area contributed by atoms with E-state index in [1.165, 1.54) is 11.3 Å². The first kappa shape index (κ1) is 19.6. The van der Waals surface area contributed by atoms with Crippen LogP contribution in [0.4, 0.5) is 15.9 Å². The zero-order valence-electron chi connectivity index (χ0n) is 16.2. The Morgan fingerprint density at radius 2 is 1.82 bits per heavy atom. The number of thiazole rings is 1. The smallest absolute Gasteiger partial charge is 0.315 e. The Morgan fingerprint density at radius 1 is 1.07 bits per heavy atom. The lowest BCUT2D eigenvalue weighted by Gasteiger charge is -2.18. The maximum absolute atomic E-state index is 11.7. The van der Waals surface area contributed by atoms with Crippen LogP contribution in [0, 0.1) is 0 Å². The fourth-order valence-corrected chi connectivity index (χ4v) is 3.52. The number of aromatic nitrogens is 3. The molecule has 2 aromatic heterocycles. The largest absolute Gasteiger partial charge is 0.365 e. The predicted molar refractivity (Wildman–Crippen MR) is 114 cm³/mol. The van der Waals surface area contributed by atoms with Crippen molar-refractivity contribution in [3.05, 3.63) is 42.1 Å². The van der Waals surface area contributed by atoms with Crippen LogP contribution >= 0.6 is 11.3 Å². The fraction of sp³-hybridized carbons (Fsp3) is 0.263. The number of carbonyl (C=O) groups is 1. The second-order valence-corrected chi connectivity index (χ2v) is 7.05. The number of anilines is 2. The van der Waals surface area contributed by atoms with Crippen molar-refractivity contribution in [2.24, 2.45) is 0 Å². The molecule has 0 bridgehead atoms. The van der Waals surface area contributed by atoms with Gasteiger partial charge >= 0.3 is 6.03 Å². The Morgan fingerprint density at radius 3 is 2.50 bits per heavy atom. The molecule has 1 aromatic carbocycles. The van der Waals surface area contributed by atoms with Crippen molar-refractivity contribution in [3.63, 3.8) is 0 Å². The summed E-state index contributed by atoms with van der Waals surface area (Å²) in [7, 11) is 5.22. The lowest BCUT2D eigenvalue weighted by atomic mass is 9.98. The van der Waals surface area contributed by atoms with Gasteiger partial charge in [-0.3, -0.25) is 0 Å². The first-order valence-electron chi connectivity index (χ1n) is 8.84. The molecule has 2 heterocycles. The number of rotatable bonds is 6. The van der Waals surface area contributed by atoms with Crippen molar-refractivity contribution in [3.8, 4) is 21.8 Å². The van der Waals surface area contributed by atoms with Gasteiger partial charge in [0, 0.05) is 32.9 Å². The predicted octanol–water partition coefficient (Wildman–Crippen LogP) is 3.34. The summed E-state index contributed by atoms with van der Waals surface area (Å²) in [5.74, 6) is 0.522. The molecule has 4 N–H and O–H groups in total. The molecule has 0 saturated carbocycles. The number of carbonyl (C=O) groups excluding carboxylic acids is 1. The van der Waals surface area contributed by atoms with Crippen molar-refractivity contribution < 1.29 is 4.79 Å². The molecule has 0 aliphatic carbocycles. The first-order valence-corrected chi connectivity index (χ1v) is 9.65. The highest BCUT2D eigenvalue weighted by atomic mass is 32.1. The van der Waals surface area contributed by atoms with E-state index in [1.807, 2.05) is 44.3 Å². The molecular formula is C19H23N7OS. The zero-order valence-corrected chi connectivity index (χ0v) is 17.0. The summed E-state index contributed by atoms with van der Waals surface area (Å²) in [5.41, 5.74) is 3.47. The van der Waals surface area contributed by atoms with Crippen molar-refractivity contribution in [1.82, 2.24) is 25.6 Å². The minimum atomic E-state index is -0.231. The molecule has 0 spiro atoms. The Hall–Kier alpha value is -3.20. The van der Waals surface area contributed by atoms with Gasteiger partial charge in [0.15, 0.2) is 5.13 Å². The van der Waals surface area contributed by atoms with E-state index < -0.39 is 0 Å². The van der Waals surface area contributed by atoms with Crippen LogP contribution in [-0.4, -0.2) is 42.1 Å². The van der Waals surface area contributed by atoms with E-state index in [-0.39, 0.29) is 12.1 Å². The van der Waals surface area contributed by atoms with E-state index in [2.05, 4.69) is 36.2 Å². The Labute approximate surface area is 167 Å². The number of hydrogen-bond acceptors (Lipinski definition) is 7. The van der Waals surface area contributed by atoms with Gasteiger partial charge in [-0.15, -0.1) is 0 Å². The van der Waals surface area contributed by atoms with Crippen LogP contribution in [0.5, 0.6) is 0 Å². The normalized spacial score (nSPS) is 11.6. The van der Waals surface area contributed by atoms with Crippen molar-refractivity contribution in [1.29, 1.82) is 0 Å². The SMILES string of the molecule is CNC(=O)NC(C)c1ccccc1-c1cc(-c2cnc(NC)s2)nc(NC)n1. The van der Waals surface area contributed by atoms with Gasteiger partial charge in [0.05, 0.1) is 22.3 Å². The topological polar surface area (TPSA) is 104 Å². The number of benzene rings is 1. The number of amides is 2. The molecule has 0 aliphatic heterocycles. The molecule has 0 fully saturated rings. The Kier molecular flexibility index (Phi) is 6.05. The third-order valence-electron chi connectivity index (χ3n) is 4.20. The lowest BCUT2D eigenvalue weighted by molar-refractivity contribution is 0.240. The summed E-state index contributed by atoms with van der Waals surface area (Å²) >= 11 is 1.53. The molecule has 3 aromatic rings. The standard InChI is InChI=1S/C19H23N7OS/c1-11(24-18(27)21-3)12-7-5-6-8-13(12)14-9-15(26-17(20-2)25-14)16-10-23-19(22-4)28-16/h5-11H,1-4H3,(H,22,23)(H,20,25,26)(H2,21,24,27). The van der Waals surface area contributed by atoms with Gasteiger partial charge in [-0.2, -0.15) is 0 Å². The third kappa shape index (κ3) is 4.20. The van der Waals surface area contributed by atoms with E-state index in [9.17, 15) is 4.79 Å². The van der Waals surface area contributed by atoms with Crippen LogP contribution in [0.3, 0.4) is 0 Å². The molecule has 146 valence electrons. The van der Waals surface area contributed by atoms with Gasteiger partial charge in [0.25, 0.3) is 0 Å². The van der Waals surface area contributed by atoms with Crippen molar-refractivity contribution in [2.75, 3.05) is 31.8 Å². The molecule has 9 heteroatoms. The highest BCUT2D eigenvalue weighted by molar-refractivity contribution is 7.18. The zero-order chi connectivity index (χ0) is 20.1. The summed E-state index contributed by atoms with van der Waals surface area (Å²) in [6, 6.07) is 9.41. The second kappa shape index (κ2) is 8.66. The average molecular weight is 398 g/mol. The average Bonchev–Trinajstić information content (AvgIpc) is 3.22. The van der Waals surface area contributed by atoms with E-state index in [1.54, 1.807) is 20.3 Å². The lowest BCUT2D eigenvalue weighted by Crippen LogP contribution is -2.34. The molecule has 0 aliphatic rings. The van der Waals surface area contributed by atoms with Gasteiger partial charge < -0.3 is 21.3 Å². The maximum Gasteiger partial charge on any atom is 0.315 e. The Bertz CT molecular complexity index is 972. The molecule has 0 radical (unpaired) electrons. The highest BCUT2D eigenvalue weighted by Gasteiger charge is 2.17. The molecule has 3 rings (SSSR count). The Balaban J connectivity index is 2.06. The summed E-state index contributed by atoms with van der Waals surface area (Å²) in [6.45, 7) is 1.94.